The number of nitrogens with zero attached hydrogens (tertiary/aromatic N) is 2. The minimum absolute atomic E-state index is 0.0160. The normalized spacial score (nSPS) is 20.4. The van der Waals surface area contributed by atoms with E-state index in [9.17, 15) is 18.0 Å². The van der Waals surface area contributed by atoms with Crippen molar-refractivity contribution in [3.8, 4) is 0 Å². The molecule has 2 aliphatic rings. The van der Waals surface area contributed by atoms with Gasteiger partial charge in [-0.15, -0.1) is 0 Å². The van der Waals surface area contributed by atoms with Crippen molar-refractivity contribution in [1.82, 2.24) is 10.2 Å². The largest absolute Gasteiger partial charge is 0.352 e. The number of likely N-dealkylation sites (tertiary alicyclic amines) is 1. The average Bonchev–Trinajstić information content (AvgIpc) is 2.98. The molecule has 2 atom stereocenters. The Hall–Kier alpha value is -3.20. The van der Waals surface area contributed by atoms with Crippen LogP contribution in [0.4, 0.5) is 5.69 Å². The Morgan fingerprint density at radius 3 is 2.48 bits per heavy atom. The van der Waals surface area contributed by atoms with E-state index in [4.69, 9.17) is 11.6 Å². The fourth-order valence-corrected chi connectivity index (χ4v) is 7.75. The molecule has 7 nitrogen and oxygen atoms in total. The number of benzene rings is 3. The monoisotopic (exact) mass is 579 g/mol. The first-order chi connectivity index (χ1) is 19.1. The van der Waals surface area contributed by atoms with Crippen molar-refractivity contribution >= 4 is 38.9 Å². The summed E-state index contributed by atoms with van der Waals surface area (Å²) in [5.41, 5.74) is 1.29. The zero-order valence-electron chi connectivity index (χ0n) is 22.8. The molecule has 0 aliphatic carbocycles. The topological polar surface area (TPSA) is 86.8 Å². The highest BCUT2D eigenvalue weighted by Crippen LogP contribution is 2.38. The molecule has 9 heteroatoms. The van der Waals surface area contributed by atoms with Crippen molar-refractivity contribution in [2.24, 2.45) is 11.8 Å². The smallest absolute Gasteiger partial charge is 0.259 e. The van der Waals surface area contributed by atoms with Crippen LogP contribution in [0.25, 0.3) is 0 Å². The van der Waals surface area contributed by atoms with Gasteiger partial charge in [0.2, 0.25) is 9.84 Å². The van der Waals surface area contributed by atoms with Crippen LogP contribution >= 0.6 is 11.6 Å². The SMILES string of the molecule is CC1CC(C)CN(CCCNC(=O)c2ccc3c(c2)N(Cc2cccc(Cl)c2)C(=O)c2ccccc2S3(=O)=O)C1. The molecule has 2 aliphatic heterocycles. The second-order valence-corrected chi connectivity index (χ2v) is 13.3. The third-order valence-electron chi connectivity index (χ3n) is 7.56. The molecule has 0 aromatic heterocycles. The summed E-state index contributed by atoms with van der Waals surface area (Å²) in [6.45, 7) is 8.23. The first-order valence-electron chi connectivity index (χ1n) is 13.7. The molecule has 2 heterocycles. The summed E-state index contributed by atoms with van der Waals surface area (Å²) < 4.78 is 27.4. The van der Waals surface area contributed by atoms with Crippen molar-refractivity contribution in [3.05, 3.63) is 88.4 Å². The van der Waals surface area contributed by atoms with E-state index in [1.165, 1.54) is 41.7 Å². The number of amides is 2. The lowest BCUT2D eigenvalue weighted by atomic mass is 9.92. The van der Waals surface area contributed by atoms with Gasteiger partial charge in [-0.05, 0) is 79.3 Å². The summed E-state index contributed by atoms with van der Waals surface area (Å²) in [6, 6.07) is 17.7. The van der Waals surface area contributed by atoms with E-state index < -0.39 is 15.7 Å². The first-order valence-corrected chi connectivity index (χ1v) is 15.5. The molecular weight excluding hydrogens is 546 g/mol. The summed E-state index contributed by atoms with van der Waals surface area (Å²) in [7, 11) is -4.01. The molecule has 3 aromatic carbocycles. The summed E-state index contributed by atoms with van der Waals surface area (Å²) in [5, 5.41) is 3.48. The molecular formula is C31H34ClN3O4S. The van der Waals surface area contributed by atoms with Crippen molar-refractivity contribution < 1.29 is 18.0 Å². The molecule has 5 rings (SSSR count). The molecule has 1 fully saturated rings. The summed E-state index contributed by atoms with van der Waals surface area (Å²) in [6.07, 6.45) is 2.07. The van der Waals surface area contributed by atoms with Gasteiger partial charge in [0.15, 0.2) is 0 Å². The number of carbonyl (C=O) groups is 2. The van der Waals surface area contributed by atoms with Gasteiger partial charge in [-0.2, -0.15) is 0 Å². The molecule has 0 spiro atoms. The van der Waals surface area contributed by atoms with Gasteiger partial charge in [-0.25, -0.2) is 8.42 Å². The van der Waals surface area contributed by atoms with Gasteiger partial charge in [0.05, 0.1) is 27.6 Å². The van der Waals surface area contributed by atoms with Crippen LogP contribution in [0.1, 0.15) is 53.0 Å². The lowest BCUT2D eigenvalue weighted by Gasteiger charge is -2.34. The molecule has 1 saturated heterocycles. The molecule has 0 radical (unpaired) electrons. The number of carbonyl (C=O) groups excluding carboxylic acids is 2. The highest BCUT2D eigenvalue weighted by atomic mass is 35.5. The van der Waals surface area contributed by atoms with Gasteiger partial charge in [-0.3, -0.25) is 9.59 Å². The van der Waals surface area contributed by atoms with E-state index in [0.717, 1.165) is 31.6 Å². The molecule has 40 heavy (non-hydrogen) atoms. The van der Waals surface area contributed by atoms with Gasteiger partial charge in [0.1, 0.15) is 0 Å². The van der Waals surface area contributed by atoms with Gasteiger partial charge >= 0.3 is 0 Å². The van der Waals surface area contributed by atoms with Crippen molar-refractivity contribution in [3.63, 3.8) is 0 Å². The fourth-order valence-electron chi connectivity index (χ4n) is 5.90. The van der Waals surface area contributed by atoms with E-state index in [2.05, 4.69) is 24.1 Å². The first kappa shape index (κ1) is 28.3. The highest BCUT2D eigenvalue weighted by Gasteiger charge is 2.36. The zero-order valence-corrected chi connectivity index (χ0v) is 24.3. The van der Waals surface area contributed by atoms with Crippen LogP contribution in [0, 0.1) is 11.8 Å². The number of sulfone groups is 1. The van der Waals surface area contributed by atoms with E-state index in [1.54, 1.807) is 30.3 Å². The lowest BCUT2D eigenvalue weighted by molar-refractivity contribution is 0.0944. The van der Waals surface area contributed by atoms with Gasteiger partial charge in [0, 0.05) is 30.2 Å². The third kappa shape index (κ3) is 5.94. The number of piperidine rings is 1. The van der Waals surface area contributed by atoms with E-state index in [0.29, 0.717) is 29.0 Å². The van der Waals surface area contributed by atoms with Crippen molar-refractivity contribution in [1.29, 1.82) is 0 Å². The summed E-state index contributed by atoms with van der Waals surface area (Å²) >= 11 is 6.19. The summed E-state index contributed by atoms with van der Waals surface area (Å²) in [5.74, 6) is 0.591. The maximum atomic E-state index is 13.8. The Bertz CT molecular complexity index is 1530. The van der Waals surface area contributed by atoms with E-state index in [-0.39, 0.29) is 33.5 Å². The van der Waals surface area contributed by atoms with Crippen LogP contribution in [0.3, 0.4) is 0 Å². The fraction of sp³-hybridized carbons (Fsp3) is 0.355. The Kier molecular flexibility index (Phi) is 8.31. The Morgan fingerprint density at radius 2 is 1.73 bits per heavy atom. The predicted octanol–water partition coefficient (Wildman–Crippen LogP) is 5.43. The maximum Gasteiger partial charge on any atom is 0.259 e. The van der Waals surface area contributed by atoms with Crippen LogP contribution in [0.2, 0.25) is 5.02 Å². The molecule has 2 unspecified atom stereocenters. The number of halogens is 1. The Labute approximate surface area is 241 Å². The second kappa shape index (κ2) is 11.7. The van der Waals surface area contributed by atoms with Gasteiger partial charge in [0.25, 0.3) is 11.8 Å². The predicted molar refractivity (Wildman–Crippen MR) is 157 cm³/mol. The number of hydrogen-bond donors (Lipinski definition) is 1. The molecule has 0 bridgehead atoms. The van der Waals surface area contributed by atoms with Crippen molar-refractivity contribution in [2.75, 3.05) is 31.1 Å². The Balaban J connectivity index is 1.41. The third-order valence-corrected chi connectivity index (χ3v) is 9.66. The number of fused-ring (bicyclic) bond motifs is 2. The maximum absolute atomic E-state index is 13.8. The molecule has 0 saturated carbocycles. The van der Waals surface area contributed by atoms with Crippen LogP contribution < -0.4 is 10.2 Å². The summed E-state index contributed by atoms with van der Waals surface area (Å²) in [4.78, 5) is 30.7. The number of rotatable bonds is 7. The van der Waals surface area contributed by atoms with E-state index in [1.807, 2.05) is 6.07 Å². The average molecular weight is 580 g/mol. The van der Waals surface area contributed by atoms with Gasteiger partial charge < -0.3 is 15.1 Å². The van der Waals surface area contributed by atoms with Crippen LogP contribution in [0.15, 0.2) is 76.5 Å². The van der Waals surface area contributed by atoms with E-state index >= 15 is 0 Å². The number of anilines is 1. The zero-order chi connectivity index (χ0) is 28.4. The lowest BCUT2D eigenvalue weighted by Crippen LogP contribution is -2.40. The van der Waals surface area contributed by atoms with Crippen molar-refractivity contribution in [2.45, 2.75) is 43.0 Å². The number of hydrogen-bond acceptors (Lipinski definition) is 5. The highest BCUT2D eigenvalue weighted by molar-refractivity contribution is 7.91. The second-order valence-electron chi connectivity index (χ2n) is 11.0. The number of nitrogens with one attached hydrogen (secondary N) is 1. The molecule has 3 aromatic rings. The minimum Gasteiger partial charge on any atom is -0.352 e. The Morgan fingerprint density at radius 1 is 0.975 bits per heavy atom. The quantitative estimate of drug-likeness (QED) is 0.377. The van der Waals surface area contributed by atoms with Gasteiger partial charge in [-0.1, -0.05) is 49.7 Å². The van der Waals surface area contributed by atoms with Crippen LogP contribution in [0.5, 0.6) is 0 Å². The molecule has 210 valence electrons. The van der Waals surface area contributed by atoms with Crippen LogP contribution in [-0.2, 0) is 16.4 Å². The molecule has 1 N–H and O–H groups in total. The minimum atomic E-state index is -4.01. The molecule has 2 amide bonds. The standard InChI is InChI=1S/C31H34ClN3O4S/c1-21-15-22(2)19-34(18-21)14-6-13-33-30(36)24-11-12-29-27(17-24)35(20-23-7-5-8-25(32)16-23)31(37)26-9-3-4-10-28(26)40(29,38)39/h3-5,7-12,16-17,21-22H,6,13-15,18-20H2,1-2H3,(H,33,36). The van der Waals surface area contributed by atoms with Crippen LogP contribution in [-0.4, -0.2) is 51.3 Å².